The van der Waals surface area contributed by atoms with Crippen molar-refractivity contribution in [1.82, 2.24) is 14.7 Å². The molecule has 1 amide bonds. The van der Waals surface area contributed by atoms with Gasteiger partial charge in [-0.1, -0.05) is 30.3 Å². The van der Waals surface area contributed by atoms with E-state index in [9.17, 15) is 22.8 Å². The zero-order valence-electron chi connectivity index (χ0n) is 16.0. The second-order valence-electron chi connectivity index (χ2n) is 6.89. The number of aromatic nitrogens is 2. The van der Waals surface area contributed by atoms with Gasteiger partial charge in [-0.05, 0) is 19.8 Å². The van der Waals surface area contributed by atoms with Crippen LogP contribution in [0.4, 0.5) is 13.2 Å². The minimum Gasteiger partial charge on any atom is -0.466 e. The van der Waals surface area contributed by atoms with Crippen molar-refractivity contribution in [2.45, 2.75) is 32.5 Å². The highest BCUT2D eigenvalue weighted by Gasteiger charge is 2.34. The molecule has 1 atom stereocenters. The van der Waals surface area contributed by atoms with Crippen LogP contribution in [-0.4, -0.2) is 52.4 Å². The fourth-order valence-corrected chi connectivity index (χ4v) is 3.52. The van der Waals surface area contributed by atoms with Gasteiger partial charge in [0.25, 0.3) is 5.91 Å². The lowest BCUT2D eigenvalue weighted by atomic mass is 9.97. The molecule has 29 heavy (non-hydrogen) atoms. The highest BCUT2D eigenvalue weighted by atomic mass is 19.4. The molecule has 1 saturated heterocycles. The van der Waals surface area contributed by atoms with Crippen LogP contribution in [0.1, 0.15) is 30.1 Å². The van der Waals surface area contributed by atoms with E-state index in [0.717, 1.165) is 4.68 Å². The Morgan fingerprint density at radius 1 is 1.24 bits per heavy atom. The van der Waals surface area contributed by atoms with Gasteiger partial charge in [0.2, 0.25) is 0 Å². The Morgan fingerprint density at radius 2 is 1.97 bits per heavy atom. The Hall–Kier alpha value is -2.84. The van der Waals surface area contributed by atoms with Crippen LogP contribution in [0.3, 0.4) is 0 Å². The number of hydrogen-bond acceptors (Lipinski definition) is 4. The molecule has 9 heteroatoms. The van der Waals surface area contributed by atoms with Crippen molar-refractivity contribution in [1.29, 1.82) is 0 Å². The molecular weight excluding hydrogens is 387 g/mol. The fourth-order valence-electron chi connectivity index (χ4n) is 3.52. The number of amides is 1. The van der Waals surface area contributed by atoms with Crippen LogP contribution in [-0.2, 0) is 16.1 Å². The van der Waals surface area contributed by atoms with Gasteiger partial charge in [0.05, 0.1) is 30.0 Å². The fraction of sp³-hybridized carbons (Fsp3) is 0.450. The van der Waals surface area contributed by atoms with Gasteiger partial charge in [-0.2, -0.15) is 18.3 Å². The number of benzene rings is 1. The number of hydrogen-bond donors (Lipinski definition) is 0. The first kappa shape index (κ1) is 20.9. The van der Waals surface area contributed by atoms with E-state index in [4.69, 9.17) is 4.74 Å². The molecule has 0 saturated carbocycles. The molecule has 1 aliphatic rings. The van der Waals surface area contributed by atoms with Crippen LogP contribution < -0.4 is 0 Å². The van der Waals surface area contributed by atoms with Gasteiger partial charge in [-0.25, -0.2) is 0 Å². The summed E-state index contributed by atoms with van der Waals surface area (Å²) >= 11 is 0. The number of nitrogens with zero attached hydrogens (tertiary/aromatic N) is 3. The molecular formula is C20H22F3N3O3. The summed E-state index contributed by atoms with van der Waals surface area (Å²) in [7, 11) is 0. The van der Waals surface area contributed by atoms with Gasteiger partial charge in [-0.15, -0.1) is 0 Å². The van der Waals surface area contributed by atoms with Crippen molar-refractivity contribution in [3.8, 4) is 11.3 Å². The average molecular weight is 409 g/mol. The van der Waals surface area contributed by atoms with Crippen molar-refractivity contribution >= 4 is 11.9 Å². The number of carbonyl (C=O) groups is 2. The van der Waals surface area contributed by atoms with Gasteiger partial charge in [0, 0.05) is 18.7 Å². The van der Waals surface area contributed by atoms with Crippen molar-refractivity contribution in [2.75, 3.05) is 19.7 Å². The summed E-state index contributed by atoms with van der Waals surface area (Å²) < 4.78 is 44.9. The van der Waals surface area contributed by atoms with Gasteiger partial charge >= 0.3 is 12.1 Å². The molecule has 0 aliphatic carbocycles. The number of ether oxygens (including phenoxy) is 1. The van der Waals surface area contributed by atoms with E-state index >= 15 is 0 Å². The van der Waals surface area contributed by atoms with Gasteiger partial charge in [-0.3, -0.25) is 14.3 Å². The molecule has 156 valence electrons. The number of halogens is 3. The Labute approximate surface area is 166 Å². The van der Waals surface area contributed by atoms with E-state index in [0.29, 0.717) is 24.9 Å². The topological polar surface area (TPSA) is 64.4 Å². The third kappa shape index (κ3) is 4.96. The Balaban J connectivity index is 1.91. The highest BCUT2D eigenvalue weighted by Crippen LogP contribution is 2.29. The van der Waals surface area contributed by atoms with Crippen LogP contribution >= 0.6 is 0 Å². The van der Waals surface area contributed by atoms with E-state index < -0.39 is 24.5 Å². The van der Waals surface area contributed by atoms with Crippen LogP contribution in [0.15, 0.2) is 36.5 Å². The monoisotopic (exact) mass is 409 g/mol. The van der Waals surface area contributed by atoms with Crippen molar-refractivity contribution < 1.29 is 27.5 Å². The van der Waals surface area contributed by atoms with Crippen molar-refractivity contribution in [3.05, 3.63) is 42.1 Å². The van der Waals surface area contributed by atoms with Gasteiger partial charge < -0.3 is 9.64 Å². The number of likely N-dealkylation sites (tertiary alicyclic amines) is 1. The molecule has 1 aromatic heterocycles. The second-order valence-corrected chi connectivity index (χ2v) is 6.89. The molecule has 6 nitrogen and oxygen atoms in total. The maximum absolute atomic E-state index is 13.1. The Morgan fingerprint density at radius 3 is 2.62 bits per heavy atom. The number of carbonyl (C=O) groups excluding carboxylic acids is 2. The summed E-state index contributed by atoms with van der Waals surface area (Å²) in [5, 5.41) is 3.83. The minimum absolute atomic E-state index is 0.0879. The summed E-state index contributed by atoms with van der Waals surface area (Å²) in [6.45, 7) is 1.27. The summed E-state index contributed by atoms with van der Waals surface area (Å²) in [6, 6.07) is 8.39. The van der Waals surface area contributed by atoms with Crippen LogP contribution in [0.5, 0.6) is 0 Å². The molecule has 3 rings (SSSR count). The SMILES string of the molecule is CCOC(=O)[C@H]1CCCN(C(=O)c2cnn(CC(F)(F)F)c2-c2ccccc2)C1. The van der Waals surface area contributed by atoms with Crippen molar-refractivity contribution in [2.24, 2.45) is 5.92 Å². The van der Waals surface area contributed by atoms with Crippen molar-refractivity contribution in [3.63, 3.8) is 0 Å². The van der Waals surface area contributed by atoms with E-state index in [1.165, 1.54) is 11.1 Å². The van der Waals surface area contributed by atoms with E-state index in [2.05, 4.69) is 5.10 Å². The molecule has 1 aromatic carbocycles. The normalized spacial score (nSPS) is 17.2. The first-order valence-electron chi connectivity index (χ1n) is 9.44. The number of esters is 1. The van der Waals surface area contributed by atoms with E-state index in [1.54, 1.807) is 37.3 Å². The smallest absolute Gasteiger partial charge is 0.408 e. The van der Waals surface area contributed by atoms with E-state index in [-0.39, 0.29) is 30.4 Å². The standard InChI is InChI=1S/C20H22F3N3O3/c1-2-29-19(28)15-9-6-10-25(12-15)18(27)16-11-24-26(13-20(21,22)23)17(16)14-7-4-3-5-8-14/h3-5,7-8,11,15H,2,6,9-10,12-13H2,1H3/t15-/m0/s1. The zero-order valence-corrected chi connectivity index (χ0v) is 16.0. The predicted molar refractivity (Wildman–Crippen MR) is 99.0 cm³/mol. The average Bonchev–Trinajstić information content (AvgIpc) is 3.10. The van der Waals surface area contributed by atoms with Gasteiger partial charge in [0.15, 0.2) is 0 Å². The lowest BCUT2D eigenvalue weighted by Gasteiger charge is -2.31. The summed E-state index contributed by atoms with van der Waals surface area (Å²) in [5.41, 5.74) is 0.674. The number of rotatable bonds is 5. The highest BCUT2D eigenvalue weighted by molar-refractivity contribution is 6.00. The van der Waals surface area contributed by atoms with Crippen LogP contribution in [0, 0.1) is 5.92 Å². The largest absolute Gasteiger partial charge is 0.466 e. The van der Waals surface area contributed by atoms with E-state index in [1.807, 2.05) is 0 Å². The molecule has 1 aliphatic heterocycles. The molecule has 0 N–H and O–H groups in total. The summed E-state index contributed by atoms with van der Waals surface area (Å²) in [4.78, 5) is 26.7. The molecule has 0 spiro atoms. The lowest BCUT2D eigenvalue weighted by molar-refractivity contribution is -0.149. The number of alkyl halides is 3. The minimum atomic E-state index is -4.48. The Bertz CT molecular complexity index is 865. The second kappa shape index (κ2) is 8.67. The third-order valence-corrected chi connectivity index (χ3v) is 4.77. The molecule has 2 aromatic rings. The van der Waals surface area contributed by atoms with Crippen LogP contribution in [0.2, 0.25) is 0 Å². The maximum atomic E-state index is 13.1. The predicted octanol–water partition coefficient (Wildman–Crippen LogP) is 3.53. The maximum Gasteiger partial charge on any atom is 0.408 e. The first-order valence-corrected chi connectivity index (χ1v) is 9.44. The first-order chi connectivity index (χ1) is 13.8. The third-order valence-electron chi connectivity index (χ3n) is 4.77. The number of piperidine rings is 1. The molecule has 0 unspecified atom stereocenters. The van der Waals surface area contributed by atoms with Crippen LogP contribution in [0.25, 0.3) is 11.3 Å². The zero-order chi connectivity index (χ0) is 21.0. The lowest BCUT2D eigenvalue weighted by Crippen LogP contribution is -2.43. The summed E-state index contributed by atoms with van der Waals surface area (Å²) in [5.74, 6) is -1.23. The Kier molecular flexibility index (Phi) is 6.24. The molecule has 0 bridgehead atoms. The molecule has 1 fully saturated rings. The molecule has 2 heterocycles. The summed E-state index contributed by atoms with van der Waals surface area (Å²) in [6.07, 6.45) is -2.07. The van der Waals surface area contributed by atoms with Gasteiger partial charge in [0.1, 0.15) is 6.54 Å². The molecule has 0 radical (unpaired) electrons. The quantitative estimate of drug-likeness (QED) is 0.709.